The summed E-state index contributed by atoms with van der Waals surface area (Å²) in [7, 11) is 1.52. The molecule has 1 aliphatic heterocycles. The first-order valence-electron chi connectivity index (χ1n) is 10.2. The zero-order chi connectivity index (χ0) is 23.8. The van der Waals surface area contributed by atoms with Gasteiger partial charge in [-0.15, -0.1) is 11.6 Å². The quantitative estimate of drug-likeness (QED) is 0.190. The number of aliphatic imine (C=N–C) groups is 1. The molecular weight excluding hydrogens is 434 g/mol. The average Bonchev–Trinajstić information content (AvgIpc) is 2.72. The van der Waals surface area contributed by atoms with Crippen molar-refractivity contribution in [1.82, 2.24) is 5.32 Å². The highest BCUT2D eigenvalue weighted by Crippen LogP contribution is 2.40. The van der Waals surface area contributed by atoms with Crippen molar-refractivity contribution < 1.29 is 23.8 Å². The van der Waals surface area contributed by atoms with Crippen LogP contribution in [0.1, 0.15) is 39.2 Å². The molecule has 0 saturated carbocycles. The minimum absolute atomic E-state index is 0.0820. The first-order chi connectivity index (χ1) is 15.2. The Bertz CT molecular complexity index is 953. The van der Waals surface area contributed by atoms with Gasteiger partial charge in [0.15, 0.2) is 0 Å². The third kappa shape index (κ3) is 6.34. The van der Waals surface area contributed by atoms with E-state index in [1.165, 1.54) is 7.11 Å². The molecule has 2 rings (SSSR count). The van der Waals surface area contributed by atoms with Crippen molar-refractivity contribution in [3.8, 4) is 0 Å². The van der Waals surface area contributed by atoms with Gasteiger partial charge in [-0.3, -0.25) is 0 Å². The van der Waals surface area contributed by atoms with Crippen molar-refractivity contribution >= 4 is 35.1 Å². The SMILES string of the molecule is COCCOC(=O)C1=C(C)NC(C)=C(C(=O)OC(C)C)C1c1cccc(N=C(N)CCl)c1. The molecule has 1 aliphatic rings. The number of nitrogens with zero attached hydrogens (tertiary/aromatic N) is 1. The predicted molar refractivity (Wildman–Crippen MR) is 124 cm³/mol. The van der Waals surface area contributed by atoms with Crippen LogP contribution in [-0.2, 0) is 23.8 Å². The van der Waals surface area contributed by atoms with Gasteiger partial charge in [0.2, 0.25) is 0 Å². The maximum atomic E-state index is 13.1. The van der Waals surface area contributed by atoms with Crippen LogP contribution in [0.25, 0.3) is 0 Å². The van der Waals surface area contributed by atoms with Crippen LogP contribution in [0.2, 0.25) is 0 Å². The van der Waals surface area contributed by atoms with Gasteiger partial charge in [0.1, 0.15) is 12.4 Å². The molecule has 0 aliphatic carbocycles. The Morgan fingerprint density at radius 2 is 1.81 bits per heavy atom. The summed E-state index contributed by atoms with van der Waals surface area (Å²) < 4.78 is 15.9. The van der Waals surface area contributed by atoms with E-state index in [9.17, 15) is 9.59 Å². The normalized spacial score (nSPS) is 16.8. The lowest BCUT2D eigenvalue weighted by atomic mass is 9.80. The molecule has 0 bridgehead atoms. The van der Waals surface area contributed by atoms with Crippen molar-refractivity contribution in [2.75, 3.05) is 26.2 Å². The largest absolute Gasteiger partial charge is 0.460 e. The highest BCUT2D eigenvalue weighted by Gasteiger charge is 2.38. The number of amidine groups is 1. The summed E-state index contributed by atoms with van der Waals surface area (Å²) in [5, 5.41) is 3.12. The number of ether oxygens (including phenoxy) is 3. The summed E-state index contributed by atoms with van der Waals surface area (Å²) in [4.78, 5) is 30.4. The fourth-order valence-corrected chi connectivity index (χ4v) is 3.47. The predicted octanol–water partition coefficient (Wildman–Crippen LogP) is 3.29. The van der Waals surface area contributed by atoms with Crippen LogP contribution >= 0.6 is 11.6 Å². The molecule has 0 aromatic heterocycles. The van der Waals surface area contributed by atoms with Crippen molar-refractivity contribution in [3.63, 3.8) is 0 Å². The summed E-state index contributed by atoms with van der Waals surface area (Å²) in [6.45, 7) is 7.42. The Balaban J connectivity index is 2.61. The fourth-order valence-electron chi connectivity index (χ4n) is 3.41. The highest BCUT2D eigenvalue weighted by molar-refractivity contribution is 6.28. The van der Waals surface area contributed by atoms with Crippen LogP contribution in [0.15, 0.2) is 51.8 Å². The molecule has 0 radical (unpaired) electrons. The summed E-state index contributed by atoms with van der Waals surface area (Å²) in [5.74, 6) is -1.44. The Morgan fingerprint density at radius 1 is 1.16 bits per heavy atom. The summed E-state index contributed by atoms with van der Waals surface area (Å²) in [6, 6.07) is 7.13. The highest BCUT2D eigenvalue weighted by atomic mass is 35.5. The van der Waals surface area contributed by atoms with Crippen LogP contribution in [0.3, 0.4) is 0 Å². The van der Waals surface area contributed by atoms with E-state index in [-0.39, 0.29) is 31.0 Å². The van der Waals surface area contributed by atoms with Gasteiger partial charge in [-0.05, 0) is 45.4 Å². The van der Waals surface area contributed by atoms with Gasteiger partial charge >= 0.3 is 11.9 Å². The number of nitrogens with one attached hydrogen (secondary N) is 1. The van der Waals surface area contributed by atoms with E-state index in [2.05, 4.69) is 10.3 Å². The molecule has 1 aromatic rings. The maximum absolute atomic E-state index is 13.1. The summed E-state index contributed by atoms with van der Waals surface area (Å²) >= 11 is 5.76. The third-order valence-corrected chi connectivity index (χ3v) is 4.95. The van der Waals surface area contributed by atoms with Crippen molar-refractivity contribution in [2.24, 2.45) is 10.7 Å². The van der Waals surface area contributed by atoms with Gasteiger partial charge in [0.25, 0.3) is 0 Å². The molecule has 8 nitrogen and oxygen atoms in total. The Morgan fingerprint density at radius 3 is 2.41 bits per heavy atom. The molecule has 0 saturated heterocycles. The van der Waals surface area contributed by atoms with Crippen LogP contribution < -0.4 is 11.1 Å². The minimum atomic E-state index is -0.718. The van der Waals surface area contributed by atoms with Crippen LogP contribution in [-0.4, -0.2) is 50.1 Å². The number of carbonyl (C=O) groups is 2. The van der Waals surface area contributed by atoms with Gasteiger partial charge in [0.05, 0.1) is 41.3 Å². The Kier molecular flexibility index (Phi) is 9.28. The number of dihydropyridines is 1. The van der Waals surface area contributed by atoms with E-state index in [0.29, 0.717) is 33.8 Å². The number of hydrogen-bond acceptors (Lipinski definition) is 7. The van der Waals surface area contributed by atoms with Crippen LogP contribution in [0.5, 0.6) is 0 Å². The lowest BCUT2D eigenvalue weighted by Crippen LogP contribution is -2.33. The van der Waals surface area contributed by atoms with E-state index < -0.39 is 17.9 Å². The molecule has 1 atom stereocenters. The first kappa shape index (κ1) is 25.4. The molecule has 1 unspecified atom stereocenters. The van der Waals surface area contributed by atoms with E-state index in [4.69, 9.17) is 31.5 Å². The zero-order valence-electron chi connectivity index (χ0n) is 19.0. The van der Waals surface area contributed by atoms with Gasteiger partial charge in [0, 0.05) is 18.5 Å². The van der Waals surface area contributed by atoms with Gasteiger partial charge < -0.3 is 25.3 Å². The second kappa shape index (κ2) is 11.7. The molecule has 1 aromatic carbocycles. The third-order valence-electron chi connectivity index (χ3n) is 4.68. The molecular formula is C23H30ClN3O5. The Hall–Kier alpha value is -2.84. The minimum Gasteiger partial charge on any atom is -0.460 e. The lowest BCUT2D eigenvalue weighted by Gasteiger charge is -2.31. The number of nitrogens with two attached hydrogens (primary N) is 1. The first-order valence-corrected chi connectivity index (χ1v) is 10.8. The second-order valence-corrected chi connectivity index (χ2v) is 7.82. The van der Waals surface area contributed by atoms with E-state index >= 15 is 0 Å². The van der Waals surface area contributed by atoms with Gasteiger partial charge in [-0.2, -0.15) is 0 Å². The number of alkyl halides is 1. The zero-order valence-corrected chi connectivity index (χ0v) is 19.8. The average molecular weight is 464 g/mol. The monoisotopic (exact) mass is 463 g/mol. The number of carbonyl (C=O) groups excluding carboxylic acids is 2. The molecule has 32 heavy (non-hydrogen) atoms. The molecule has 9 heteroatoms. The van der Waals surface area contributed by atoms with Crippen molar-refractivity contribution in [2.45, 2.75) is 39.7 Å². The van der Waals surface area contributed by atoms with E-state index in [1.807, 2.05) is 6.07 Å². The topological polar surface area (TPSA) is 112 Å². The summed E-state index contributed by atoms with van der Waals surface area (Å²) in [6.07, 6.45) is -0.327. The smallest absolute Gasteiger partial charge is 0.337 e. The molecule has 1 heterocycles. The number of rotatable bonds is 9. The molecule has 0 amide bonds. The Labute approximate surface area is 193 Å². The number of methoxy groups -OCH3 is 1. The summed E-state index contributed by atoms with van der Waals surface area (Å²) in [5.41, 5.74) is 8.83. The maximum Gasteiger partial charge on any atom is 0.337 e. The van der Waals surface area contributed by atoms with Crippen LogP contribution in [0.4, 0.5) is 5.69 Å². The number of hydrogen-bond donors (Lipinski definition) is 2. The number of allylic oxidation sites excluding steroid dienone is 2. The molecule has 174 valence electrons. The van der Waals surface area contributed by atoms with Gasteiger partial charge in [-0.25, -0.2) is 14.6 Å². The molecule has 0 fully saturated rings. The van der Waals surface area contributed by atoms with E-state index in [0.717, 1.165) is 0 Å². The fraction of sp³-hybridized carbons (Fsp3) is 0.435. The van der Waals surface area contributed by atoms with Crippen molar-refractivity contribution in [1.29, 1.82) is 0 Å². The molecule has 0 spiro atoms. The van der Waals surface area contributed by atoms with Crippen LogP contribution in [0, 0.1) is 0 Å². The number of benzene rings is 1. The van der Waals surface area contributed by atoms with E-state index in [1.54, 1.807) is 45.9 Å². The lowest BCUT2D eigenvalue weighted by molar-refractivity contribution is -0.143. The van der Waals surface area contributed by atoms with Gasteiger partial charge in [-0.1, -0.05) is 12.1 Å². The number of halogens is 1. The van der Waals surface area contributed by atoms with Crippen molar-refractivity contribution in [3.05, 3.63) is 52.4 Å². The second-order valence-electron chi connectivity index (χ2n) is 7.55. The molecule has 3 N–H and O–H groups in total. The standard InChI is InChI=1S/C23H30ClN3O5/c1-13(2)32-23(29)20-15(4)26-14(3)19(22(28)31-10-9-30-5)21(20)16-7-6-8-17(11-16)27-18(25)12-24/h6-8,11,13,21,26H,9-10,12H2,1-5H3,(H2,25,27). The number of esters is 2.